The molecule has 1 amide bonds. The van der Waals surface area contributed by atoms with E-state index in [1.165, 1.54) is 0 Å². The van der Waals surface area contributed by atoms with E-state index in [1.807, 2.05) is 20.8 Å². The van der Waals surface area contributed by atoms with E-state index in [-0.39, 0.29) is 17.8 Å². The molecule has 0 radical (unpaired) electrons. The Balaban J connectivity index is 2.77. The first-order valence-corrected chi connectivity index (χ1v) is 4.21. The summed E-state index contributed by atoms with van der Waals surface area (Å²) in [6.45, 7) is 6.45. The quantitative estimate of drug-likeness (QED) is 0.719. The van der Waals surface area contributed by atoms with Gasteiger partial charge in [-0.2, -0.15) is 5.21 Å². The van der Waals surface area contributed by atoms with Crippen molar-refractivity contribution in [2.75, 3.05) is 6.54 Å². The lowest BCUT2D eigenvalue weighted by Crippen LogP contribution is -2.37. The molecular weight excluding hydrogens is 170 g/mol. The number of nitrogens with zero attached hydrogens (tertiary/aromatic N) is 4. The van der Waals surface area contributed by atoms with Gasteiger partial charge in [-0.25, -0.2) is 0 Å². The predicted octanol–water partition coefficient (Wildman–Crippen LogP) is 0.0702. The van der Waals surface area contributed by atoms with Gasteiger partial charge < -0.3 is 4.90 Å². The van der Waals surface area contributed by atoms with Crippen molar-refractivity contribution < 1.29 is 4.79 Å². The summed E-state index contributed by atoms with van der Waals surface area (Å²) in [6, 6.07) is 0.149. The molecule has 0 aromatic carbocycles. The zero-order chi connectivity index (χ0) is 9.84. The molecule has 0 fully saturated rings. The van der Waals surface area contributed by atoms with Crippen LogP contribution >= 0.6 is 0 Å². The number of aromatic nitrogens is 4. The van der Waals surface area contributed by atoms with Crippen molar-refractivity contribution in [3.63, 3.8) is 0 Å². The summed E-state index contributed by atoms with van der Waals surface area (Å²) in [5.41, 5.74) is 0. The van der Waals surface area contributed by atoms with Crippen molar-refractivity contribution in [1.29, 1.82) is 0 Å². The maximum Gasteiger partial charge on any atom is 0.295 e. The van der Waals surface area contributed by atoms with Gasteiger partial charge in [0.2, 0.25) is 0 Å². The summed E-state index contributed by atoms with van der Waals surface area (Å²) in [7, 11) is 0. The van der Waals surface area contributed by atoms with Gasteiger partial charge in [0.15, 0.2) is 0 Å². The number of amides is 1. The average molecular weight is 183 g/mol. The van der Waals surface area contributed by atoms with Crippen LogP contribution in [0.1, 0.15) is 31.4 Å². The van der Waals surface area contributed by atoms with Gasteiger partial charge in [0.1, 0.15) is 0 Å². The third-order valence-electron chi connectivity index (χ3n) is 1.76. The monoisotopic (exact) mass is 183 g/mol. The highest BCUT2D eigenvalue weighted by molar-refractivity contribution is 5.90. The number of H-pyrrole nitrogens is 1. The van der Waals surface area contributed by atoms with Crippen LogP contribution in [0.4, 0.5) is 0 Å². The molecule has 0 aliphatic heterocycles. The summed E-state index contributed by atoms with van der Waals surface area (Å²) in [4.78, 5) is 13.3. The Morgan fingerprint density at radius 1 is 1.62 bits per heavy atom. The average Bonchev–Trinajstić information content (AvgIpc) is 2.56. The molecule has 1 aromatic heterocycles. The Bertz CT molecular complexity index is 268. The van der Waals surface area contributed by atoms with E-state index in [0.717, 1.165) is 0 Å². The number of carbonyl (C=O) groups is 1. The molecule has 0 aliphatic rings. The number of nitrogens with one attached hydrogen (secondary N) is 1. The molecule has 0 spiro atoms. The van der Waals surface area contributed by atoms with Crippen LogP contribution in [0.2, 0.25) is 0 Å². The highest BCUT2D eigenvalue weighted by Crippen LogP contribution is 2.02. The lowest BCUT2D eigenvalue weighted by molar-refractivity contribution is 0.0704. The highest BCUT2D eigenvalue weighted by atomic mass is 16.2. The van der Waals surface area contributed by atoms with E-state index >= 15 is 0 Å². The fourth-order valence-electron chi connectivity index (χ4n) is 1.12. The van der Waals surface area contributed by atoms with E-state index in [2.05, 4.69) is 20.6 Å². The third kappa shape index (κ3) is 2.01. The van der Waals surface area contributed by atoms with Crippen molar-refractivity contribution in [1.82, 2.24) is 25.5 Å². The molecule has 72 valence electrons. The van der Waals surface area contributed by atoms with Gasteiger partial charge in [0, 0.05) is 12.6 Å². The number of hydrogen-bond acceptors (Lipinski definition) is 4. The lowest BCUT2D eigenvalue weighted by atomic mass is 10.3. The Labute approximate surface area is 76.3 Å². The highest BCUT2D eigenvalue weighted by Gasteiger charge is 2.20. The van der Waals surface area contributed by atoms with E-state index in [4.69, 9.17) is 0 Å². The minimum Gasteiger partial charge on any atom is -0.334 e. The zero-order valence-electron chi connectivity index (χ0n) is 7.98. The van der Waals surface area contributed by atoms with Gasteiger partial charge in [0.05, 0.1) is 0 Å². The maximum absolute atomic E-state index is 11.6. The van der Waals surface area contributed by atoms with Gasteiger partial charge in [-0.05, 0) is 26.0 Å². The van der Waals surface area contributed by atoms with Crippen LogP contribution in [-0.2, 0) is 0 Å². The van der Waals surface area contributed by atoms with E-state index in [1.54, 1.807) is 4.90 Å². The van der Waals surface area contributed by atoms with Gasteiger partial charge in [-0.15, -0.1) is 10.2 Å². The minimum atomic E-state index is -0.189. The topological polar surface area (TPSA) is 74.8 Å². The van der Waals surface area contributed by atoms with Crippen molar-refractivity contribution in [2.45, 2.75) is 26.8 Å². The van der Waals surface area contributed by atoms with Crippen LogP contribution in [0.25, 0.3) is 0 Å². The lowest BCUT2D eigenvalue weighted by Gasteiger charge is -2.23. The first-order valence-electron chi connectivity index (χ1n) is 4.21. The largest absolute Gasteiger partial charge is 0.334 e. The molecule has 1 N–H and O–H groups in total. The summed E-state index contributed by atoms with van der Waals surface area (Å²) >= 11 is 0. The number of carbonyl (C=O) groups excluding carboxylic acids is 1. The predicted molar refractivity (Wildman–Crippen MR) is 46.0 cm³/mol. The fraction of sp³-hybridized carbons (Fsp3) is 0.714. The first kappa shape index (κ1) is 9.63. The Morgan fingerprint density at radius 3 is 2.69 bits per heavy atom. The van der Waals surface area contributed by atoms with Gasteiger partial charge >= 0.3 is 0 Å². The van der Waals surface area contributed by atoms with Crippen molar-refractivity contribution >= 4 is 5.91 Å². The molecular formula is C7H13N5O. The van der Waals surface area contributed by atoms with Gasteiger partial charge in [0.25, 0.3) is 11.7 Å². The number of rotatable bonds is 3. The molecule has 0 atom stereocenters. The smallest absolute Gasteiger partial charge is 0.295 e. The Morgan fingerprint density at radius 2 is 2.31 bits per heavy atom. The van der Waals surface area contributed by atoms with Crippen LogP contribution < -0.4 is 0 Å². The number of tetrazole rings is 1. The summed E-state index contributed by atoms with van der Waals surface area (Å²) in [5, 5.41) is 12.8. The molecule has 1 aromatic rings. The summed E-state index contributed by atoms with van der Waals surface area (Å²) in [6.07, 6.45) is 0. The summed E-state index contributed by atoms with van der Waals surface area (Å²) < 4.78 is 0. The molecule has 0 unspecified atom stereocenters. The van der Waals surface area contributed by atoms with Crippen LogP contribution in [0.5, 0.6) is 0 Å². The minimum absolute atomic E-state index is 0.121. The Hall–Kier alpha value is -1.46. The van der Waals surface area contributed by atoms with E-state index < -0.39 is 0 Å². The molecule has 0 aliphatic carbocycles. The summed E-state index contributed by atoms with van der Waals surface area (Å²) in [5.74, 6) is -0.0678. The van der Waals surface area contributed by atoms with Crippen LogP contribution in [0.3, 0.4) is 0 Å². The molecule has 6 heteroatoms. The molecule has 0 saturated carbocycles. The Kier molecular flexibility index (Phi) is 2.94. The van der Waals surface area contributed by atoms with Crippen molar-refractivity contribution in [2.24, 2.45) is 0 Å². The number of aromatic amines is 1. The van der Waals surface area contributed by atoms with Crippen LogP contribution in [0, 0.1) is 0 Å². The van der Waals surface area contributed by atoms with E-state index in [0.29, 0.717) is 6.54 Å². The fourth-order valence-corrected chi connectivity index (χ4v) is 1.12. The molecule has 0 saturated heterocycles. The van der Waals surface area contributed by atoms with Crippen molar-refractivity contribution in [3.05, 3.63) is 5.82 Å². The van der Waals surface area contributed by atoms with Crippen LogP contribution in [-0.4, -0.2) is 44.0 Å². The van der Waals surface area contributed by atoms with Crippen LogP contribution in [0.15, 0.2) is 0 Å². The SMILES string of the molecule is CCN(C(=O)c1nn[nH]n1)C(C)C. The number of hydrogen-bond donors (Lipinski definition) is 1. The maximum atomic E-state index is 11.6. The molecule has 13 heavy (non-hydrogen) atoms. The van der Waals surface area contributed by atoms with E-state index in [9.17, 15) is 4.79 Å². The second-order valence-electron chi connectivity index (χ2n) is 2.92. The zero-order valence-corrected chi connectivity index (χ0v) is 7.98. The standard InChI is InChI=1S/C7H13N5O/c1-4-12(5(2)3)7(13)6-8-10-11-9-6/h5H,4H2,1-3H3,(H,8,9,10,11). The first-order chi connectivity index (χ1) is 6.16. The molecule has 6 nitrogen and oxygen atoms in total. The van der Waals surface area contributed by atoms with Gasteiger partial charge in [-0.1, -0.05) is 0 Å². The normalized spacial score (nSPS) is 10.5. The second kappa shape index (κ2) is 3.97. The molecule has 1 heterocycles. The second-order valence-corrected chi connectivity index (χ2v) is 2.92. The van der Waals surface area contributed by atoms with Crippen molar-refractivity contribution in [3.8, 4) is 0 Å². The molecule has 0 bridgehead atoms. The third-order valence-corrected chi connectivity index (χ3v) is 1.76. The molecule has 1 rings (SSSR count). The van der Waals surface area contributed by atoms with Gasteiger partial charge in [-0.3, -0.25) is 4.79 Å².